The fraction of sp³-hybridized carbons (Fsp3) is 0.750. The first-order valence-corrected chi connectivity index (χ1v) is 8.55. The molecule has 116 valence electrons. The molecule has 21 heavy (non-hydrogen) atoms. The largest absolute Gasteiger partial charge is 0.367 e. The highest BCUT2D eigenvalue weighted by Gasteiger charge is 2.35. The first kappa shape index (κ1) is 15.0. The van der Waals surface area contributed by atoms with Gasteiger partial charge in [0, 0.05) is 30.6 Å². The summed E-state index contributed by atoms with van der Waals surface area (Å²) in [6.45, 7) is 2.13. The van der Waals surface area contributed by atoms with Crippen molar-refractivity contribution >= 4 is 17.4 Å². The number of piperidine rings is 2. The summed E-state index contributed by atoms with van der Waals surface area (Å²) >= 11 is 6.12. The summed E-state index contributed by atoms with van der Waals surface area (Å²) in [7, 11) is 2.28. The fourth-order valence-corrected chi connectivity index (χ4v) is 4.02. The lowest BCUT2D eigenvalue weighted by Gasteiger charge is -2.47. The van der Waals surface area contributed by atoms with Gasteiger partial charge in [-0.05, 0) is 39.2 Å². The van der Waals surface area contributed by atoms with Crippen molar-refractivity contribution in [2.75, 3.05) is 12.4 Å². The third-order valence-electron chi connectivity index (χ3n) is 4.91. The Hall–Kier alpha value is -0.870. The highest BCUT2D eigenvalue weighted by atomic mass is 35.5. The summed E-state index contributed by atoms with van der Waals surface area (Å²) in [5.74, 6) is 1.74. The molecule has 0 amide bonds. The maximum absolute atomic E-state index is 6.12. The summed E-state index contributed by atoms with van der Waals surface area (Å²) in [5, 5.41) is 4.15. The SMILES string of the molecule is CCCc1nc(Cl)cc(NC2CC3CCCC(C2)N3C)n1. The van der Waals surface area contributed by atoms with Crippen LogP contribution in [0.3, 0.4) is 0 Å². The molecule has 0 aliphatic carbocycles. The number of halogens is 1. The lowest BCUT2D eigenvalue weighted by Crippen LogP contribution is -2.52. The molecule has 5 heteroatoms. The predicted molar refractivity (Wildman–Crippen MR) is 86.9 cm³/mol. The van der Waals surface area contributed by atoms with E-state index in [4.69, 9.17) is 11.6 Å². The highest BCUT2D eigenvalue weighted by Crippen LogP contribution is 2.33. The monoisotopic (exact) mass is 308 g/mol. The van der Waals surface area contributed by atoms with E-state index >= 15 is 0 Å². The average Bonchev–Trinajstić information content (AvgIpc) is 2.39. The van der Waals surface area contributed by atoms with Crippen LogP contribution in [-0.2, 0) is 6.42 Å². The highest BCUT2D eigenvalue weighted by molar-refractivity contribution is 6.29. The topological polar surface area (TPSA) is 41.1 Å². The number of nitrogens with zero attached hydrogens (tertiary/aromatic N) is 3. The fourth-order valence-electron chi connectivity index (χ4n) is 3.82. The first-order chi connectivity index (χ1) is 10.2. The van der Waals surface area contributed by atoms with E-state index < -0.39 is 0 Å². The van der Waals surface area contributed by atoms with Crippen LogP contribution < -0.4 is 5.32 Å². The minimum absolute atomic E-state index is 0.511. The molecule has 4 nitrogen and oxygen atoms in total. The van der Waals surface area contributed by atoms with Gasteiger partial charge >= 0.3 is 0 Å². The lowest BCUT2D eigenvalue weighted by molar-refractivity contribution is 0.0608. The standard InChI is InChI=1S/C16H25ClN4/c1-3-5-15-19-14(17)10-16(20-15)18-11-8-12-6-4-7-13(9-11)21(12)2/h10-13H,3-9H2,1-2H3,(H,18,19,20). The maximum atomic E-state index is 6.12. The molecule has 2 aliphatic heterocycles. The maximum Gasteiger partial charge on any atom is 0.134 e. The van der Waals surface area contributed by atoms with Gasteiger partial charge in [0.1, 0.15) is 16.8 Å². The van der Waals surface area contributed by atoms with E-state index in [2.05, 4.69) is 34.2 Å². The summed E-state index contributed by atoms with van der Waals surface area (Å²) in [5.41, 5.74) is 0. The molecule has 1 N–H and O–H groups in total. The Morgan fingerprint density at radius 1 is 1.29 bits per heavy atom. The van der Waals surface area contributed by atoms with Crippen molar-refractivity contribution < 1.29 is 0 Å². The zero-order valence-electron chi connectivity index (χ0n) is 13.0. The van der Waals surface area contributed by atoms with E-state index in [1.165, 1.54) is 32.1 Å². The molecular formula is C16H25ClN4. The Morgan fingerprint density at radius 3 is 2.67 bits per heavy atom. The number of aryl methyl sites for hydroxylation is 1. The average molecular weight is 309 g/mol. The minimum atomic E-state index is 0.511. The van der Waals surface area contributed by atoms with Crippen molar-refractivity contribution in [3.63, 3.8) is 0 Å². The molecule has 0 radical (unpaired) electrons. The van der Waals surface area contributed by atoms with Crippen LogP contribution in [0.1, 0.15) is 51.3 Å². The Morgan fingerprint density at radius 2 is 2.00 bits per heavy atom. The Labute approximate surface area is 132 Å². The van der Waals surface area contributed by atoms with Crippen LogP contribution in [0, 0.1) is 0 Å². The molecule has 2 bridgehead atoms. The van der Waals surface area contributed by atoms with Gasteiger partial charge in [-0.15, -0.1) is 0 Å². The van der Waals surface area contributed by atoms with Crippen molar-refractivity contribution in [3.05, 3.63) is 17.0 Å². The molecule has 2 unspecified atom stereocenters. The van der Waals surface area contributed by atoms with Gasteiger partial charge < -0.3 is 10.2 Å². The number of anilines is 1. The van der Waals surface area contributed by atoms with Crippen LogP contribution in [-0.4, -0.2) is 40.0 Å². The van der Waals surface area contributed by atoms with Crippen LogP contribution in [0.15, 0.2) is 6.07 Å². The summed E-state index contributed by atoms with van der Waals surface area (Å²) in [6, 6.07) is 3.82. The van der Waals surface area contributed by atoms with Crippen molar-refractivity contribution in [1.82, 2.24) is 14.9 Å². The lowest BCUT2D eigenvalue weighted by atomic mass is 9.82. The Kier molecular flexibility index (Phi) is 4.65. The zero-order chi connectivity index (χ0) is 14.8. The van der Waals surface area contributed by atoms with Gasteiger partial charge in [0.2, 0.25) is 0 Å². The van der Waals surface area contributed by atoms with E-state index in [1.807, 2.05) is 6.07 Å². The number of hydrogen-bond donors (Lipinski definition) is 1. The van der Waals surface area contributed by atoms with Gasteiger partial charge in [0.25, 0.3) is 0 Å². The molecule has 2 fully saturated rings. The second-order valence-electron chi connectivity index (χ2n) is 6.46. The molecule has 0 aromatic carbocycles. The van der Waals surface area contributed by atoms with E-state index in [0.29, 0.717) is 11.2 Å². The second-order valence-corrected chi connectivity index (χ2v) is 6.85. The molecular weight excluding hydrogens is 284 g/mol. The quantitative estimate of drug-likeness (QED) is 0.864. The summed E-state index contributed by atoms with van der Waals surface area (Å²) < 4.78 is 0. The van der Waals surface area contributed by atoms with E-state index in [-0.39, 0.29) is 0 Å². The van der Waals surface area contributed by atoms with Gasteiger partial charge in [0.05, 0.1) is 0 Å². The molecule has 1 aromatic rings. The molecule has 2 aliphatic rings. The van der Waals surface area contributed by atoms with Gasteiger partial charge in [-0.2, -0.15) is 0 Å². The number of hydrogen-bond acceptors (Lipinski definition) is 4. The van der Waals surface area contributed by atoms with Crippen LogP contribution in [0.2, 0.25) is 5.15 Å². The van der Waals surface area contributed by atoms with Crippen LogP contribution in [0.25, 0.3) is 0 Å². The Bertz CT molecular complexity index is 479. The summed E-state index contributed by atoms with van der Waals surface area (Å²) in [6.07, 6.45) is 8.38. The molecule has 3 heterocycles. The third kappa shape index (κ3) is 3.49. The van der Waals surface area contributed by atoms with Crippen molar-refractivity contribution in [2.45, 2.75) is 70.0 Å². The Balaban J connectivity index is 1.69. The zero-order valence-corrected chi connectivity index (χ0v) is 13.7. The van der Waals surface area contributed by atoms with Gasteiger partial charge in [-0.25, -0.2) is 9.97 Å². The molecule has 0 saturated carbocycles. The second kappa shape index (κ2) is 6.49. The molecule has 2 atom stereocenters. The predicted octanol–water partition coefficient (Wildman–Crippen LogP) is 3.51. The number of aromatic nitrogens is 2. The van der Waals surface area contributed by atoms with Crippen LogP contribution in [0.4, 0.5) is 5.82 Å². The van der Waals surface area contributed by atoms with Gasteiger partial charge in [0.15, 0.2) is 0 Å². The number of nitrogens with one attached hydrogen (secondary N) is 1. The van der Waals surface area contributed by atoms with Crippen LogP contribution in [0.5, 0.6) is 0 Å². The van der Waals surface area contributed by atoms with Crippen molar-refractivity contribution in [1.29, 1.82) is 0 Å². The van der Waals surface area contributed by atoms with Gasteiger partial charge in [-0.3, -0.25) is 0 Å². The first-order valence-electron chi connectivity index (χ1n) is 8.17. The van der Waals surface area contributed by atoms with E-state index in [0.717, 1.165) is 36.6 Å². The smallest absolute Gasteiger partial charge is 0.134 e. The minimum Gasteiger partial charge on any atom is -0.367 e. The summed E-state index contributed by atoms with van der Waals surface area (Å²) in [4.78, 5) is 11.5. The van der Waals surface area contributed by atoms with Gasteiger partial charge in [-0.1, -0.05) is 24.9 Å². The number of rotatable bonds is 4. The molecule has 3 rings (SSSR count). The third-order valence-corrected chi connectivity index (χ3v) is 5.10. The molecule has 1 aromatic heterocycles. The van der Waals surface area contributed by atoms with Crippen molar-refractivity contribution in [2.24, 2.45) is 0 Å². The van der Waals surface area contributed by atoms with E-state index in [1.54, 1.807) is 0 Å². The van der Waals surface area contributed by atoms with E-state index in [9.17, 15) is 0 Å². The normalized spacial score (nSPS) is 29.4. The number of fused-ring (bicyclic) bond motifs is 2. The molecule has 0 spiro atoms. The molecule has 2 saturated heterocycles. The van der Waals surface area contributed by atoms with Crippen molar-refractivity contribution in [3.8, 4) is 0 Å². The van der Waals surface area contributed by atoms with Crippen LogP contribution >= 0.6 is 11.6 Å².